The molecule has 5 heteroatoms. The molecule has 5 nitrogen and oxygen atoms in total. The Kier molecular flexibility index (Phi) is 4.07. The monoisotopic (exact) mass is 233 g/mol. The number of carbonyl (C=O) groups excluding carboxylic acids is 1. The molecule has 1 aromatic carbocycles. The van der Waals surface area contributed by atoms with Gasteiger partial charge in [0.05, 0.1) is 5.54 Å². The second kappa shape index (κ2) is 5.32. The van der Waals surface area contributed by atoms with Gasteiger partial charge in [-0.05, 0) is 38.1 Å². The van der Waals surface area contributed by atoms with Crippen LogP contribution in [0.25, 0.3) is 0 Å². The summed E-state index contributed by atoms with van der Waals surface area (Å²) in [5.41, 5.74) is 5.37. The van der Waals surface area contributed by atoms with Crippen LogP contribution in [0.1, 0.15) is 13.8 Å². The van der Waals surface area contributed by atoms with Crippen LogP contribution in [0.3, 0.4) is 0 Å². The molecule has 0 aliphatic heterocycles. The standard InChI is InChI=1S/C12H15N3O2/c1-12(2,14)11(16)15-9-3-5-10(6-4-9)17-8-7-13/h3-6H,8,14H2,1-2H3,(H,15,16). The van der Waals surface area contributed by atoms with Crippen molar-refractivity contribution in [3.05, 3.63) is 24.3 Å². The van der Waals surface area contributed by atoms with E-state index in [1.165, 1.54) is 0 Å². The molecule has 0 aliphatic rings. The number of benzene rings is 1. The van der Waals surface area contributed by atoms with Crippen LogP contribution in [0, 0.1) is 11.3 Å². The van der Waals surface area contributed by atoms with Gasteiger partial charge in [-0.2, -0.15) is 5.26 Å². The lowest BCUT2D eigenvalue weighted by Gasteiger charge is -2.17. The number of rotatable bonds is 4. The molecule has 0 fully saturated rings. The van der Waals surface area contributed by atoms with Crippen molar-refractivity contribution in [3.63, 3.8) is 0 Å². The minimum absolute atomic E-state index is 0.00152. The predicted octanol–water partition coefficient (Wildman–Crippen LogP) is 1.26. The normalized spacial score (nSPS) is 10.5. The van der Waals surface area contributed by atoms with Crippen molar-refractivity contribution in [1.82, 2.24) is 0 Å². The number of ether oxygens (including phenoxy) is 1. The van der Waals surface area contributed by atoms with E-state index in [-0.39, 0.29) is 12.5 Å². The highest BCUT2D eigenvalue weighted by Crippen LogP contribution is 2.16. The number of hydrogen-bond acceptors (Lipinski definition) is 4. The molecule has 0 spiro atoms. The highest BCUT2D eigenvalue weighted by molar-refractivity contribution is 5.97. The first-order valence-corrected chi connectivity index (χ1v) is 5.13. The lowest BCUT2D eigenvalue weighted by Crippen LogP contribution is -2.45. The largest absolute Gasteiger partial charge is 0.479 e. The van der Waals surface area contributed by atoms with E-state index in [0.29, 0.717) is 11.4 Å². The number of nitrogens with one attached hydrogen (secondary N) is 1. The average Bonchev–Trinajstić information content (AvgIpc) is 2.27. The molecule has 0 bridgehead atoms. The van der Waals surface area contributed by atoms with E-state index >= 15 is 0 Å². The molecular weight excluding hydrogens is 218 g/mol. The number of hydrogen-bond donors (Lipinski definition) is 2. The number of nitrogens with zero attached hydrogens (tertiary/aromatic N) is 1. The summed E-state index contributed by atoms with van der Waals surface area (Å²) in [5, 5.41) is 11.0. The van der Waals surface area contributed by atoms with E-state index in [4.69, 9.17) is 15.7 Å². The van der Waals surface area contributed by atoms with Gasteiger partial charge < -0.3 is 15.8 Å². The zero-order valence-electron chi connectivity index (χ0n) is 9.86. The second-order valence-electron chi connectivity index (χ2n) is 4.15. The summed E-state index contributed by atoms with van der Waals surface area (Å²) in [7, 11) is 0. The van der Waals surface area contributed by atoms with Crippen LogP contribution in [-0.2, 0) is 4.79 Å². The summed E-state index contributed by atoms with van der Waals surface area (Å²) in [5.74, 6) is 0.319. The quantitative estimate of drug-likeness (QED) is 0.819. The molecule has 0 heterocycles. The zero-order valence-corrected chi connectivity index (χ0v) is 9.86. The summed E-state index contributed by atoms with van der Waals surface area (Å²) in [4.78, 5) is 11.6. The van der Waals surface area contributed by atoms with Gasteiger partial charge in [-0.3, -0.25) is 4.79 Å². The van der Waals surface area contributed by atoms with Gasteiger partial charge in [0.1, 0.15) is 11.8 Å². The molecule has 0 saturated carbocycles. The molecule has 3 N–H and O–H groups in total. The molecule has 0 unspecified atom stereocenters. The maximum Gasteiger partial charge on any atom is 0.243 e. The molecule has 0 saturated heterocycles. The summed E-state index contributed by atoms with van der Waals surface area (Å²) in [6.45, 7) is 3.26. The van der Waals surface area contributed by atoms with Crippen molar-refractivity contribution >= 4 is 11.6 Å². The number of nitriles is 1. The van der Waals surface area contributed by atoms with E-state index in [1.54, 1.807) is 38.1 Å². The van der Waals surface area contributed by atoms with Gasteiger partial charge in [-0.1, -0.05) is 0 Å². The number of nitrogens with two attached hydrogens (primary N) is 1. The van der Waals surface area contributed by atoms with Gasteiger partial charge in [0.25, 0.3) is 0 Å². The Morgan fingerprint density at radius 1 is 1.47 bits per heavy atom. The lowest BCUT2D eigenvalue weighted by molar-refractivity contribution is -0.120. The number of amides is 1. The van der Waals surface area contributed by atoms with Gasteiger partial charge >= 0.3 is 0 Å². The highest BCUT2D eigenvalue weighted by Gasteiger charge is 2.21. The highest BCUT2D eigenvalue weighted by atomic mass is 16.5. The Morgan fingerprint density at radius 3 is 2.53 bits per heavy atom. The summed E-state index contributed by atoms with van der Waals surface area (Å²) in [6.07, 6.45) is 0. The summed E-state index contributed by atoms with van der Waals surface area (Å²) < 4.78 is 5.08. The van der Waals surface area contributed by atoms with Crippen LogP contribution >= 0.6 is 0 Å². The van der Waals surface area contributed by atoms with Crippen LogP contribution in [0.4, 0.5) is 5.69 Å². The third-order valence-electron chi connectivity index (χ3n) is 2.00. The van der Waals surface area contributed by atoms with Gasteiger partial charge in [0.15, 0.2) is 6.61 Å². The summed E-state index contributed by atoms with van der Waals surface area (Å²) in [6, 6.07) is 8.61. The van der Waals surface area contributed by atoms with Crippen LogP contribution in [0.2, 0.25) is 0 Å². The predicted molar refractivity (Wildman–Crippen MR) is 64.4 cm³/mol. The SMILES string of the molecule is CC(C)(N)C(=O)Nc1ccc(OCC#N)cc1. The van der Waals surface area contributed by atoms with Crippen LogP contribution in [0.5, 0.6) is 5.75 Å². The zero-order chi connectivity index (χ0) is 12.9. The maximum atomic E-state index is 11.6. The molecule has 0 atom stereocenters. The lowest BCUT2D eigenvalue weighted by atomic mass is 10.1. The van der Waals surface area contributed by atoms with E-state index in [2.05, 4.69) is 5.32 Å². The average molecular weight is 233 g/mol. The van der Waals surface area contributed by atoms with E-state index in [1.807, 2.05) is 6.07 Å². The van der Waals surface area contributed by atoms with Crippen molar-refractivity contribution in [2.45, 2.75) is 19.4 Å². The van der Waals surface area contributed by atoms with Crippen LogP contribution in [-0.4, -0.2) is 18.1 Å². The van der Waals surface area contributed by atoms with Crippen molar-refractivity contribution in [2.75, 3.05) is 11.9 Å². The van der Waals surface area contributed by atoms with Crippen LogP contribution < -0.4 is 15.8 Å². The molecule has 0 aliphatic carbocycles. The van der Waals surface area contributed by atoms with Crippen molar-refractivity contribution in [1.29, 1.82) is 5.26 Å². The summed E-state index contributed by atoms with van der Waals surface area (Å²) >= 11 is 0. The Hall–Kier alpha value is -2.06. The number of anilines is 1. The Morgan fingerprint density at radius 2 is 2.06 bits per heavy atom. The molecule has 90 valence electrons. The molecule has 17 heavy (non-hydrogen) atoms. The second-order valence-corrected chi connectivity index (χ2v) is 4.15. The fraction of sp³-hybridized carbons (Fsp3) is 0.333. The van der Waals surface area contributed by atoms with E-state index in [9.17, 15) is 4.79 Å². The third-order valence-corrected chi connectivity index (χ3v) is 2.00. The maximum absolute atomic E-state index is 11.6. The van der Waals surface area contributed by atoms with Gasteiger partial charge in [0, 0.05) is 5.69 Å². The molecule has 1 rings (SSSR count). The first kappa shape index (κ1) is 13.0. The minimum atomic E-state index is -0.921. The van der Waals surface area contributed by atoms with Crippen molar-refractivity contribution in [3.8, 4) is 11.8 Å². The minimum Gasteiger partial charge on any atom is -0.479 e. The Labute approximate surface area is 100 Å². The molecule has 1 aromatic rings. The topological polar surface area (TPSA) is 88.1 Å². The van der Waals surface area contributed by atoms with Crippen molar-refractivity contribution in [2.24, 2.45) is 5.73 Å². The smallest absolute Gasteiger partial charge is 0.243 e. The van der Waals surface area contributed by atoms with Crippen molar-refractivity contribution < 1.29 is 9.53 Å². The van der Waals surface area contributed by atoms with Gasteiger partial charge in [-0.25, -0.2) is 0 Å². The molecular formula is C12H15N3O2. The first-order chi connectivity index (χ1) is 7.93. The fourth-order valence-corrected chi connectivity index (χ4v) is 1.04. The Balaban J connectivity index is 2.63. The first-order valence-electron chi connectivity index (χ1n) is 5.13. The van der Waals surface area contributed by atoms with Crippen LogP contribution in [0.15, 0.2) is 24.3 Å². The third kappa shape index (κ3) is 4.13. The molecule has 0 radical (unpaired) electrons. The Bertz CT molecular complexity index is 427. The van der Waals surface area contributed by atoms with Gasteiger partial charge in [-0.15, -0.1) is 0 Å². The fourth-order valence-electron chi connectivity index (χ4n) is 1.04. The van der Waals surface area contributed by atoms with E-state index < -0.39 is 5.54 Å². The number of carbonyl (C=O) groups is 1. The van der Waals surface area contributed by atoms with E-state index in [0.717, 1.165) is 0 Å². The van der Waals surface area contributed by atoms with Gasteiger partial charge in [0.2, 0.25) is 5.91 Å². The molecule has 1 amide bonds. The molecule has 0 aromatic heterocycles.